The van der Waals surface area contributed by atoms with Crippen LogP contribution in [0.4, 0.5) is 0 Å². The zero-order chi connectivity index (χ0) is 16.9. The number of aryl methyl sites for hydroxylation is 3. The topological polar surface area (TPSA) is 9.23 Å². The van der Waals surface area contributed by atoms with Crippen LogP contribution in [0.15, 0.2) is 66.7 Å². The van der Waals surface area contributed by atoms with E-state index >= 15 is 0 Å². The molecule has 1 heteroatoms. The van der Waals surface area contributed by atoms with Crippen molar-refractivity contribution in [2.75, 3.05) is 0 Å². The smallest absolute Gasteiger partial charge is 0.119 e. The monoisotopic (exact) mass is 316 g/mol. The van der Waals surface area contributed by atoms with Gasteiger partial charge in [-0.15, -0.1) is 0 Å². The first-order valence-corrected chi connectivity index (χ1v) is 8.53. The molecule has 0 unspecified atom stereocenters. The van der Waals surface area contributed by atoms with Crippen LogP contribution in [0.2, 0.25) is 0 Å². The predicted octanol–water partition coefficient (Wildman–Crippen LogP) is 6.11. The van der Waals surface area contributed by atoms with Crippen molar-refractivity contribution in [1.29, 1.82) is 0 Å². The molecule has 3 aromatic carbocycles. The lowest BCUT2D eigenvalue weighted by Gasteiger charge is -2.09. The molecule has 0 N–H and O–H groups in total. The summed E-state index contributed by atoms with van der Waals surface area (Å²) in [7, 11) is 0. The predicted molar refractivity (Wildman–Crippen MR) is 102 cm³/mol. The van der Waals surface area contributed by atoms with Crippen LogP contribution in [0.5, 0.6) is 5.75 Å². The van der Waals surface area contributed by atoms with Gasteiger partial charge in [0.15, 0.2) is 0 Å². The maximum absolute atomic E-state index is 5.93. The lowest BCUT2D eigenvalue weighted by Crippen LogP contribution is -1.96. The highest BCUT2D eigenvalue weighted by Gasteiger charge is 2.01. The molecular weight excluding hydrogens is 292 g/mol. The summed E-state index contributed by atoms with van der Waals surface area (Å²) < 4.78 is 5.93. The molecule has 0 saturated heterocycles. The van der Waals surface area contributed by atoms with Gasteiger partial charge in [0.1, 0.15) is 12.4 Å². The van der Waals surface area contributed by atoms with Crippen molar-refractivity contribution in [3.63, 3.8) is 0 Å². The maximum Gasteiger partial charge on any atom is 0.119 e. The Morgan fingerprint density at radius 2 is 1.21 bits per heavy atom. The molecule has 24 heavy (non-hydrogen) atoms. The first kappa shape index (κ1) is 16.3. The second kappa shape index (κ2) is 7.35. The molecular formula is C23H24O. The molecule has 0 atom stereocenters. The Morgan fingerprint density at radius 1 is 0.667 bits per heavy atom. The van der Waals surface area contributed by atoms with Gasteiger partial charge in [0.05, 0.1) is 0 Å². The average Bonchev–Trinajstić information content (AvgIpc) is 2.60. The third-order valence-electron chi connectivity index (χ3n) is 4.24. The van der Waals surface area contributed by atoms with Gasteiger partial charge in [-0.3, -0.25) is 0 Å². The largest absolute Gasteiger partial charge is 0.489 e. The van der Waals surface area contributed by atoms with Crippen molar-refractivity contribution >= 4 is 0 Å². The molecule has 0 aliphatic carbocycles. The van der Waals surface area contributed by atoms with E-state index in [1.54, 1.807) is 0 Å². The van der Waals surface area contributed by atoms with Gasteiger partial charge in [-0.1, -0.05) is 72.6 Å². The molecule has 122 valence electrons. The molecule has 0 bridgehead atoms. The summed E-state index contributed by atoms with van der Waals surface area (Å²) in [5, 5.41) is 0. The first-order chi connectivity index (χ1) is 11.6. The summed E-state index contributed by atoms with van der Waals surface area (Å²) in [6.45, 7) is 7.02. The summed E-state index contributed by atoms with van der Waals surface area (Å²) in [6.07, 6.45) is 1.07. The molecule has 3 rings (SSSR count). The van der Waals surface area contributed by atoms with Gasteiger partial charge in [0.2, 0.25) is 0 Å². The lowest BCUT2D eigenvalue weighted by molar-refractivity contribution is 0.306. The number of ether oxygens (including phenoxy) is 1. The van der Waals surface area contributed by atoms with Crippen molar-refractivity contribution in [3.05, 3.63) is 89.0 Å². The maximum atomic E-state index is 5.93. The van der Waals surface area contributed by atoms with Gasteiger partial charge in [0, 0.05) is 0 Å². The standard InChI is InChI=1S/C23H24O/c1-4-19-5-7-21(8-6-19)22-9-11-23(12-10-22)24-16-20-14-17(2)13-18(3)15-20/h5-15H,4,16H2,1-3H3. The summed E-state index contributed by atoms with van der Waals surface area (Å²) in [4.78, 5) is 0. The third-order valence-corrected chi connectivity index (χ3v) is 4.24. The van der Waals surface area contributed by atoms with Gasteiger partial charge in [-0.25, -0.2) is 0 Å². The highest BCUT2D eigenvalue weighted by atomic mass is 16.5. The Morgan fingerprint density at radius 3 is 1.75 bits per heavy atom. The second-order valence-corrected chi connectivity index (χ2v) is 6.36. The molecule has 0 saturated carbocycles. The molecule has 0 heterocycles. The molecule has 0 amide bonds. The Balaban J connectivity index is 1.67. The summed E-state index contributed by atoms with van der Waals surface area (Å²) in [5.41, 5.74) is 7.60. The van der Waals surface area contributed by atoms with Gasteiger partial charge >= 0.3 is 0 Å². The Bertz CT molecular complexity index is 778. The molecule has 1 nitrogen and oxygen atoms in total. The Labute approximate surface area is 144 Å². The van der Waals surface area contributed by atoms with Crippen LogP contribution < -0.4 is 4.74 Å². The van der Waals surface area contributed by atoms with E-state index in [1.165, 1.54) is 33.4 Å². The first-order valence-electron chi connectivity index (χ1n) is 8.53. The minimum absolute atomic E-state index is 0.604. The van der Waals surface area contributed by atoms with E-state index in [1.807, 2.05) is 12.1 Å². The van der Waals surface area contributed by atoms with E-state index in [0.29, 0.717) is 6.61 Å². The summed E-state index contributed by atoms with van der Waals surface area (Å²) in [5.74, 6) is 0.906. The second-order valence-electron chi connectivity index (χ2n) is 6.36. The SMILES string of the molecule is CCc1ccc(-c2ccc(OCc3cc(C)cc(C)c3)cc2)cc1. The van der Waals surface area contributed by atoms with Crippen LogP contribution in [-0.4, -0.2) is 0 Å². The molecule has 0 spiro atoms. The average molecular weight is 316 g/mol. The van der Waals surface area contributed by atoms with E-state index in [2.05, 4.69) is 75.4 Å². The van der Waals surface area contributed by atoms with Crippen LogP contribution in [0.3, 0.4) is 0 Å². The molecule has 0 aliphatic rings. The van der Waals surface area contributed by atoms with Gasteiger partial charge in [-0.2, -0.15) is 0 Å². The molecule has 0 aliphatic heterocycles. The summed E-state index contributed by atoms with van der Waals surface area (Å²) >= 11 is 0. The van der Waals surface area contributed by atoms with Crippen molar-refractivity contribution in [2.45, 2.75) is 33.8 Å². The van der Waals surface area contributed by atoms with Crippen LogP contribution in [-0.2, 0) is 13.0 Å². The molecule has 0 aromatic heterocycles. The Hall–Kier alpha value is -2.54. The van der Waals surface area contributed by atoms with E-state index in [9.17, 15) is 0 Å². The number of rotatable bonds is 5. The zero-order valence-electron chi connectivity index (χ0n) is 14.7. The van der Waals surface area contributed by atoms with Gasteiger partial charge in [-0.05, 0) is 54.7 Å². The van der Waals surface area contributed by atoms with E-state index in [4.69, 9.17) is 4.74 Å². The minimum atomic E-state index is 0.604. The molecule has 0 radical (unpaired) electrons. The fourth-order valence-electron chi connectivity index (χ4n) is 3.00. The van der Waals surface area contributed by atoms with Gasteiger partial charge < -0.3 is 4.74 Å². The quantitative estimate of drug-likeness (QED) is 0.551. The number of benzene rings is 3. The molecule has 0 fully saturated rings. The van der Waals surface area contributed by atoms with Crippen LogP contribution in [0, 0.1) is 13.8 Å². The number of hydrogen-bond donors (Lipinski definition) is 0. The van der Waals surface area contributed by atoms with Crippen molar-refractivity contribution in [2.24, 2.45) is 0 Å². The molecule has 3 aromatic rings. The third kappa shape index (κ3) is 4.05. The van der Waals surface area contributed by atoms with Crippen LogP contribution in [0.25, 0.3) is 11.1 Å². The van der Waals surface area contributed by atoms with E-state index < -0.39 is 0 Å². The fourth-order valence-corrected chi connectivity index (χ4v) is 3.00. The van der Waals surface area contributed by atoms with Crippen LogP contribution in [0.1, 0.15) is 29.2 Å². The summed E-state index contributed by atoms with van der Waals surface area (Å²) in [6, 6.07) is 23.6. The van der Waals surface area contributed by atoms with Crippen molar-refractivity contribution in [3.8, 4) is 16.9 Å². The highest BCUT2D eigenvalue weighted by molar-refractivity contribution is 5.64. The van der Waals surface area contributed by atoms with E-state index in [0.717, 1.165) is 12.2 Å². The fraction of sp³-hybridized carbons (Fsp3) is 0.217. The lowest BCUT2D eigenvalue weighted by atomic mass is 10.0. The zero-order valence-corrected chi connectivity index (χ0v) is 14.7. The Kier molecular flexibility index (Phi) is 5.00. The van der Waals surface area contributed by atoms with Crippen molar-refractivity contribution in [1.82, 2.24) is 0 Å². The highest BCUT2D eigenvalue weighted by Crippen LogP contribution is 2.23. The number of hydrogen-bond acceptors (Lipinski definition) is 1. The normalized spacial score (nSPS) is 10.6. The minimum Gasteiger partial charge on any atom is -0.489 e. The van der Waals surface area contributed by atoms with Gasteiger partial charge in [0.25, 0.3) is 0 Å². The van der Waals surface area contributed by atoms with E-state index in [-0.39, 0.29) is 0 Å². The van der Waals surface area contributed by atoms with Crippen molar-refractivity contribution < 1.29 is 4.74 Å². The van der Waals surface area contributed by atoms with Crippen LogP contribution >= 0.6 is 0 Å².